The van der Waals surface area contributed by atoms with Crippen molar-refractivity contribution in [2.45, 2.75) is 13.5 Å². The van der Waals surface area contributed by atoms with Crippen molar-refractivity contribution in [2.75, 3.05) is 12.0 Å². The number of aromatic nitrogens is 1. The molecule has 4 rings (SSSR count). The molecule has 1 saturated heterocycles. The van der Waals surface area contributed by atoms with Gasteiger partial charge in [-0.25, -0.2) is 9.69 Å². The van der Waals surface area contributed by atoms with Crippen LogP contribution in [-0.4, -0.2) is 35.5 Å². The first-order valence-corrected chi connectivity index (χ1v) is 10.4. The molecule has 32 heavy (non-hydrogen) atoms. The van der Waals surface area contributed by atoms with E-state index < -0.39 is 23.8 Å². The summed E-state index contributed by atoms with van der Waals surface area (Å²) in [6.45, 7) is 1.81. The predicted molar refractivity (Wildman–Crippen MR) is 122 cm³/mol. The Bertz CT molecular complexity index is 1320. The van der Waals surface area contributed by atoms with Crippen LogP contribution in [0.3, 0.4) is 0 Å². The predicted octanol–water partition coefficient (Wildman–Crippen LogP) is 3.55. The zero-order valence-electron chi connectivity index (χ0n) is 17.2. The molecular weight excluding hydrogens is 478 g/mol. The number of amides is 4. The van der Waals surface area contributed by atoms with Crippen LogP contribution in [0.1, 0.15) is 11.1 Å². The minimum atomic E-state index is -0.813. The van der Waals surface area contributed by atoms with Gasteiger partial charge in [0, 0.05) is 27.1 Å². The Labute approximate surface area is 191 Å². The topological polar surface area (TPSA) is 97.7 Å². The Morgan fingerprint density at radius 3 is 2.62 bits per heavy atom. The van der Waals surface area contributed by atoms with Crippen LogP contribution in [0.5, 0.6) is 0 Å². The lowest BCUT2D eigenvalue weighted by Gasteiger charge is -2.26. The van der Waals surface area contributed by atoms with Crippen LogP contribution in [0.2, 0.25) is 0 Å². The quantitative estimate of drug-likeness (QED) is 0.339. The molecule has 2 heterocycles. The lowest BCUT2D eigenvalue weighted by Crippen LogP contribution is -2.54. The van der Waals surface area contributed by atoms with Crippen LogP contribution in [0.4, 0.5) is 10.5 Å². The van der Waals surface area contributed by atoms with Gasteiger partial charge in [0.1, 0.15) is 12.1 Å². The molecule has 0 saturated carbocycles. The largest absolute Gasteiger partial charge is 0.468 e. The van der Waals surface area contributed by atoms with Crippen molar-refractivity contribution in [3.05, 3.63) is 69.8 Å². The number of hydrogen-bond donors (Lipinski definition) is 1. The first kappa shape index (κ1) is 21.5. The molecule has 1 N–H and O–H groups in total. The number of aryl methyl sites for hydroxylation is 1. The number of hydrogen-bond acceptors (Lipinski definition) is 5. The van der Waals surface area contributed by atoms with Crippen molar-refractivity contribution in [1.29, 1.82) is 0 Å². The fourth-order valence-electron chi connectivity index (χ4n) is 3.54. The number of esters is 1. The summed E-state index contributed by atoms with van der Waals surface area (Å²) in [5.74, 6) is -1.95. The molecule has 3 aromatic rings. The van der Waals surface area contributed by atoms with E-state index in [0.29, 0.717) is 11.3 Å². The summed E-state index contributed by atoms with van der Waals surface area (Å²) in [6.07, 6.45) is 3.10. The number of carbonyl (C=O) groups is 4. The smallest absolute Gasteiger partial charge is 0.335 e. The first-order chi connectivity index (χ1) is 15.3. The van der Waals surface area contributed by atoms with E-state index in [2.05, 4.69) is 21.2 Å². The molecule has 0 atom stereocenters. The van der Waals surface area contributed by atoms with Crippen molar-refractivity contribution in [3.63, 3.8) is 0 Å². The molecule has 1 aromatic heterocycles. The van der Waals surface area contributed by atoms with Crippen LogP contribution in [-0.2, 0) is 25.7 Å². The van der Waals surface area contributed by atoms with Crippen LogP contribution in [0, 0.1) is 6.92 Å². The van der Waals surface area contributed by atoms with Crippen LogP contribution < -0.4 is 10.2 Å². The van der Waals surface area contributed by atoms with Gasteiger partial charge in [-0.3, -0.25) is 19.7 Å². The summed E-state index contributed by atoms with van der Waals surface area (Å²) in [5, 5.41) is 2.97. The number of methoxy groups -OCH3 is 1. The monoisotopic (exact) mass is 495 g/mol. The number of nitrogens with one attached hydrogen (secondary N) is 1. The van der Waals surface area contributed by atoms with Crippen LogP contribution in [0.25, 0.3) is 17.0 Å². The summed E-state index contributed by atoms with van der Waals surface area (Å²) in [6, 6.07) is 11.5. The molecule has 0 spiro atoms. The number of urea groups is 1. The highest BCUT2D eigenvalue weighted by Crippen LogP contribution is 2.28. The Morgan fingerprint density at radius 2 is 1.91 bits per heavy atom. The van der Waals surface area contributed by atoms with Gasteiger partial charge in [0.25, 0.3) is 11.8 Å². The Kier molecular flexibility index (Phi) is 5.67. The normalized spacial score (nSPS) is 15.4. The summed E-state index contributed by atoms with van der Waals surface area (Å²) >= 11 is 3.39. The maximum atomic E-state index is 13.2. The standard InChI is InChI=1S/C23H18BrN3O5/c1-13-9-15(7-8-18(13)24)27-22(30)17(21(29)25-23(27)31)10-14-11-26(12-20(28)32-2)19-6-4-3-5-16(14)19/h3-11H,12H2,1-2H3,(H,25,29,31). The van der Waals surface area contributed by atoms with E-state index in [-0.39, 0.29) is 12.1 Å². The Balaban J connectivity index is 1.79. The Hall–Kier alpha value is -3.72. The maximum absolute atomic E-state index is 13.2. The molecule has 1 aliphatic rings. The summed E-state index contributed by atoms with van der Waals surface area (Å²) < 4.78 is 7.26. The number of anilines is 1. The molecular formula is C23H18BrN3O5. The molecule has 9 heteroatoms. The van der Waals surface area contributed by atoms with Gasteiger partial charge >= 0.3 is 12.0 Å². The van der Waals surface area contributed by atoms with E-state index in [4.69, 9.17) is 4.74 Å². The number of imide groups is 2. The number of carbonyl (C=O) groups excluding carboxylic acids is 4. The van der Waals surface area contributed by atoms with E-state index in [1.165, 1.54) is 13.2 Å². The third kappa shape index (κ3) is 3.82. The molecule has 0 radical (unpaired) electrons. The number of para-hydroxylation sites is 1. The van der Waals surface area contributed by atoms with E-state index >= 15 is 0 Å². The number of fused-ring (bicyclic) bond motifs is 1. The van der Waals surface area contributed by atoms with Gasteiger partial charge in [0.05, 0.1) is 12.8 Å². The lowest BCUT2D eigenvalue weighted by molar-refractivity contribution is -0.141. The number of benzene rings is 2. The van der Waals surface area contributed by atoms with Crippen molar-refractivity contribution >= 4 is 62.4 Å². The van der Waals surface area contributed by atoms with Gasteiger partial charge in [-0.15, -0.1) is 0 Å². The van der Waals surface area contributed by atoms with Gasteiger partial charge in [-0.05, 0) is 42.8 Å². The second-order valence-electron chi connectivity index (χ2n) is 7.20. The number of halogens is 1. The minimum absolute atomic E-state index is 0.0247. The number of nitrogens with zero attached hydrogens (tertiary/aromatic N) is 2. The molecule has 1 fully saturated rings. The zero-order valence-corrected chi connectivity index (χ0v) is 18.8. The van der Waals surface area contributed by atoms with Crippen molar-refractivity contribution in [1.82, 2.24) is 9.88 Å². The molecule has 2 aromatic carbocycles. The van der Waals surface area contributed by atoms with Crippen molar-refractivity contribution in [2.24, 2.45) is 0 Å². The molecule has 0 bridgehead atoms. The maximum Gasteiger partial charge on any atom is 0.335 e. The molecule has 0 aliphatic carbocycles. The second kappa shape index (κ2) is 8.43. The highest BCUT2D eigenvalue weighted by Gasteiger charge is 2.37. The minimum Gasteiger partial charge on any atom is -0.468 e. The number of rotatable bonds is 4. The highest BCUT2D eigenvalue weighted by atomic mass is 79.9. The van der Waals surface area contributed by atoms with E-state index in [9.17, 15) is 19.2 Å². The molecule has 162 valence electrons. The third-order valence-corrected chi connectivity index (χ3v) is 6.04. The second-order valence-corrected chi connectivity index (χ2v) is 8.05. The van der Waals surface area contributed by atoms with Gasteiger partial charge in [0.2, 0.25) is 0 Å². The number of ether oxygens (including phenoxy) is 1. The molecule has 0 unspecified atom stereocenters. The third-order valence-electron chi connectivity index (χ3n) is 5.15. The summed E-state index contributed by atoms with van der Waals surface area (Å²) in [4.78, 5) is 50.9. The molecule has 1 aliphatic heterocycles. The van der Waals surface area contributed by atoms with Crippen LogP contribution >= 0.6 is 15.9 Å². The van der Waals surface area contributed by atoms with E-state index in [1.807, 2.05) is 31.2 Å². The Morgan fingerprint density at radius 1 is 1.16 bits per heavy atom. The highest BCUT2D eigenvalue weighted by molar-refractivity contribution is 9.10. The van der Waals surface area contributed by atoms with Gasteiger partial charge < -0.3 is 9.30 Å². The van der Waals surface area contributed by atoms with Gasteiger partial charge in [-0.1, -0.05) is 34.1 Å². The average molecular weight is 496 g/mol. The van der Waals surface area contributed by atoms with Crippen molar-refractivity contribution < 1.29 is 23.9 Å². The SMILES string of the molecule is COC(=O)Cn1cc(C=C2C(=O)NC(=O)N(c3ccc(Br)c(C)c3)C2=O)c2ccccc21. The summed E-state index contributed by atoms with van der Waals surface area (Å²) in [5.41, 5.74) is 2.29. The van der Waals surface area contributed by atoms with Crippen molar-refractivity contribution in [3.8, 4) is 0 Å². The van der Waals surface area contributed by atoms with E-state index in [1.54, 1.807) is 29.0 Å². The average Bonchev–Trinajstić information content (AvgIpc) is 3.10. The lowest BCUT2D eigenvalue weighted by atomic mass is 10.1. The number of barbiturate groups is 1. The van der Waals surface area contributed by atoms with Crippen LogP contribution in [0.15, 0.2) is 58.7 Å². The van der Waals surface area contributed by atoms with Gasteiger partial charge in [0.15, 0.2) is 0 Å². The fourth-order valence-corrected chi connectivity index (χ4v) is 3.79. The first-order valence-electron chi connectivity index (χ1n) is 9.62. The van der Waals surface area contributed by atoms with Gasteiger partial charge in [-0.2, -0.15) is 0 Å². The molecule has 4 amide bonds. The fraction of sp³-hybridized carbons (Fsp3) is 0.130. The zero-order chi connectivity index (χ0) is 23.0. The summed E-state index contributed by atoms with van der Waals surface area (Å²) in [7, 11) is 1.30. The molecule has 8 nitrogen and oxygen atoms in total. The van der Waals surface area contributed by atoms with E-state index in [0.717, 1.165) is 25.8 Å².